The Morgan fingerprint density at radius 3 is 1.21 bits per heavy atom. The molecule has 76 heavy (non-hydrogen) atoms. The largest absolute Gasteiger partial charge is 0.309 e. The van der Waals surface area contributed by atoms with Gasteiger partial charge in [-0.1, -0.05) is 144 Å². The smallest absolute Gasteiger partial charge is 0.188 e. The first-order chi connectivity index (χ1) is 36.1. The van der Waals surface area contributed by atoms with E-state index < -0.39 is 0 Å². The normalized spacial score (nSPS) is 12.4. The summed E-state index contributed by atoms with van der Waals surface area (Å²) < 4.78 is 4.59. The molecule has 0 atom stereocenters. The van der Waals surface area contributed by atoms with Crippen LogP contribution in [0.3, 0.4) is 0 Å². The summed E-state index contributed by atoms with van der Waals surface area (Å²) in [6, 6.07) is 51.1. The van der Waals surface area contributed by atoms with E-state index in [1.165, 1.54) is 22.3 Å². The lowest BCUT2D eigenvalue weighted by Crippen LogP contribution is -2.17. The molecular weight excluding hydrogens is 929 g/mol. The van der Waals surface area contributed by atoms with Gasteiger partial charge in [0.2, 0.25) is 0 Å². The summed E-state index contributed by atoms with van der Waals surface area (Å²) in [5.74, 6) is 1.75. The number of hydrogen-bond donors (Lipinski definition) is 0. The number of pyridine rings is 1. The van der Waals surface area contributed by atoms with Crippen molar-refractivity contribution < 1.29 is 0 Å². The predicted octanol–water partition coefficient (Wildman–Crippen LogP) is 18.4. The number of fused-ring (bicyclic) bond motifs is 6. The van der Waals surface area contributed by atoms with Crippen molar-refractivity contribution in [1.29, 1.82) is 0 Å². The van der Waals surface area contributed by atoms with Gasteiger partial charge in [-0.2, -0.15) is 0 Å². The maximum atomic E-state index is 7.97. The van der Waals surface area contributed by atoms with Crippen LogP contribution in [-0.4, -0.2) is 29.1 Å². The average molecular weight is 991 g/mol. The van der Waals surface area contributed by atoms with Crippen LogP contribution in [0.25, 0.3) is 110 Å². The Morgan fingerprint density at radius 1 is 0.368 bits per heavy atom. The molecule has 8 nitrogen and oxygen atoms in total. The van der Waals surface area contributed by atoms with Gasteiger partial charge < -0.3 is 9.13 Å². The maximum absolute atomic E-state index is 7.97. The van der Waals surface area contributed by atoms with Crippen molar-refractivity contribution in [3.8, 4) is 56.7 Å². The zero-order valence-electron chi connectivity index (χ0n) is 45.6. The lowest BCUT2D eigenvalue weighted by atomic mass is 9.79. The van der Waals surface area contributed by atoms with Crippen molar-refractivity contribution in [3.05, 3.63) is 203 Å². The zero-order valence-corrected chi connectivity index (χ0v) is 45.6. The standard InChI is InChI=1S/C68H62N8/c1-65(2,3)44-31-42(32-45(36-44)66(4,5)6)63-72-62(73-64(74-63)43-33-46(67(7,8)9)37-47(34-43)68(10,11)12)41-23-26-58(75-59-27-24-48(69-13)38-54(59)55-39-49(70-14)25-28-60(55)75)53(35-41)52-29-30-71-40-61(52)76-56-21-17-15-19-50(56)51-20-16-18-22-57(51)76/h15-40H,1-12H3. The van der Waals surface area contributed by atoms with Gasteiger partial charge in [-0.3, -0.25) is 4.98 Å². The van der Waals surface area contributed by atoms with Crippen molar-refractivity contribution >= 4 is 55.0 Å². The molecule has 0 spiro atoms. The number of aromatic nitrogens is 6. The van der Waals surface area contributed by atoms with E-state index in [-0.39, 0.29) is 21.7 Å². The molecule has 0 amide bonds. The lowest BCUT2D eigenvalue weighted by molar-refractivity contribution is 0.568. The summed E-state index contributed by atoms with van der Waals surface area (Å²) in [6.45, 7) is 43.1. The number of rotatable bonds is 6. The Hall–Kier alpha value is -8.72. The highest BCUT2D eigenvalue weighted by atomic mass is 15.0. The van der Waals surface area contributed by atoms with E-state index in [1.807, 2.05) is 48.8 Å². The van der Waals surface area contributed by atoms with Crippen molar-refractivity contribution in [2.75, 3.05) is 0 Å². The van der Waals surface area contributed by atoms with Gasteiger partial charge in [0.25, 0.3) is 0 Å². The molecule has 0 saturated heterocycles. The molecule has 4 aromatic heterocycles. The van der Waals surface area contributed by atoms with Crippen LogP contribution in [0.15, 0.2) is 158 Å². The van der Waals surface area contributed by atoms with Crippen molar-refractivity contribution in [1.82, 2.24) is 29.1 Å². The van der Waals surface area contributed by atoms with Gasteiger partial charge in [0.15, 0.2) is 28.8 Å². The monoisotopic (exact) mass is 991 g/mol. The summed E-state index contributed by atoms with van der Waals surface area (Å²) in [5, 5.41) is 4.09. The molecule has 8 heteroatoms. The third kappa shape index (κ3) is 8.78. The van der Waals surface area contributed by atoms with Crippen LogP contribution in [0.1, 0.15) is 105 Å². The van der Waals surface area contributed by atoms with Crippen LogP contribution < -0.4 is 0 Å². The van der Waals surface area contributed by atoms with E-state index in [0.717, 1.165) is 82.8 Å². The summed E-state index contributed by atoms with van der Waals surface area (Å²) in [4.78, 5) is 28.9. The van der Waals surface area contributed by atoms with E-state index in [1.54, 1.807) is 0 Å². The first-order valence-electron chi connectivity index (χ1n) is 26.1. The quantitative estimate of drug-likeness (QED) is 0.156. The average Bonchev–Trinajstić information content (AvgIpc) is 3.91. The molecule has 0 aliphatic carbocycles. The first kappa shape index (κ1) is 49.5. The van der Waals surface area contributed by atoms with Crippen LogP contribution in [0.4, 0.5) is 11.4 Å². The molecule has 11 aromatic rings. The fourth-order valence-corrected chi connectivity index (χ4v) is 10.5. The minimum absolute atomic E-state index is 0.136. The van der Waals surface area contributed by atoms with Gasteiger partial charge in [-0.05, 0) is 140 Å². The van der Waals surface area contributed by atoms with E-state index in [9.17, 15) is 0 Å². The van der Waals surface area contributed by atoms with Gasteiger partial charge in [-0.15, -0.1) is 0 Å². The molecule has 0 fully saturated rings. The molecule has 374 valence electrons. The van der Waals surface area contributed by atoms with Gasteiger partial charge in [0.1, 0.15) is 0 Å². The number of para-hydroxylation sites is 2. The molecule has 0 bridgehead atoms. The predicted molar refractivity (Wildman–Crippen MR) is 315 cm³/mol. The highest BCUT2D eigenvalue weighted by Gasteiger charge is 2.27. The summed E-state index contributed by atoms with van der Waals surface area (Å²) in [7, 11) is 0. The minimum Gasteiger partial charge on any atom is -0.309 e. The van der Waals surface area contributed by atoms with Crippen LogP contribution in [0.2, 0.25) is 0 Å². The summed E-state index contributed by atoms with van der Waals surface area (Å²) in [5.41, 5.74) is 15.7. The van der Waals surface area contributed by atoms with Crippen molar-refractivity contribution in [2.45, 2.75) is 105 Å². The zero-order chi connectivity index (χ0) is 53.6. The van der Waals surface area contributed by atoms with Gasteiger partial charge in [-0.25, -0.2) is 24.6 Å². The number of nitrogens with zero attached hydrogens (tertiary/aromatic N) is 8. The van der Waals surface area contributed by atoms with Crippen LogP contribution in [0, 0.1) is 13.1 Å². The second-order valence-corrected chi connectivity index (χ2v) is 24.4. The Morgan fingerprint density at radius 2 is 0.776 bits per heavy atom. The van der Waals surface area contributed by atoms with Gasteiger partial charge in [0.05, 0.1) is 52.8 Å². The Bertz CT molecular complexity index is 3960. The Kier molecular flexibility index (Phi) is 11.7. The Labute approximate surface area is 446 Å². The fourth-order valence-electron chi connectivity index (χ4n) is 10.5. The van der Waals surface area contributed by atoms with Crippen molar-refractivity contribution in [3.63, 3.8) is 0 Å². The number of hydrogen-bond acceptors (Lipinski definition) is 4. The van der Waals surface area contributed by atoms with Crippen LogP contribution in [0.5, 0.6) is 0 Å². The molecule has 7 aromatic carbocycles. The minimum atomic E-state index is -0.136. The summed E-state index contributed by atoms with van der Waals surface area (Å²) in [6.07, 6.45) is 3.83. The van der Waals surface area contributed by atoms with E-state index >= 15 is 0 Å². The molecule has 0 aliphatic heterocycles. The highest BCUT2D eigenvalue weighted by molar-refractivity contribution is 6.13. The highest BCUT2D eigenvalue weighted by Crippen LogP contribution is 2.44. The second kappa shape index (κ2) is 18.0. The number of benzene rings is 7. The molecule has 0 unspecified atom stereocenters. The van der Waals surface area contributed by atoms with Crippen molar-refractivity contribution in [2.24, 2.45) is 0 Å². The molecule has 0 N–H and O–H groups in total. The molecule has 0 aliphatic rings. The third-order valence-electron chi connectivity index (χ3n) is 14.9. The third-order valence-corrected chi connectivity index (χ3v) is 14.9. The first-order valence-corrected chi connectivity index (χ1v) is 26.1. The molecule has 0 radical (unpaired) electrons. The lowest BCUT2D eigenvalue weighted by Gasteiger charge is -2.26. The Balaban J connectivity index is 1.25. The van der Waals surface area contributed by atoms with Crippen LogP contribution >= 0.6 is 0 Å². The van der Waals surface area contributed by atoms with Gasteiger partial charge >= 0.3 is 0 Å². The van der Waals surface area contributed by atoms with Crippen LogP contribution in [-0.2, 0) is 21.7 Å². The van der Waals surface area contributed by atoms with E-state index in [4.69, 9.17) is 33.1 Å². The molecule has 4 heterocycles. The molecule has 11 rings (SSSR count). The molecule has 0 saturated carbocycles. The van der Waals surface area contributed by atoms with E-state index in [0.29, 0.717) is 28.8 Å². The van der Waals surface area contributed by atoms with E-state index in [2.05, 4.69) is 211 Å². The van der Waals surface area contributed by atoms with Gasteiger partial charge in [0, 0.05) is 44.8 Å². The SMILES string of the molecule is [C-]#[N+]c1ccc2c(c1)c1cc([N+]#[C-])ccc1n2-c1ccc(-c2nc(-c3cc(C(C)(C)C)cc(C(C)(C)C)c3)nc(-c3cc(C(C)(C)C)cc(C(C)(C)C)c3)n2)cc1-c1ccncc1-n1c2ccccc2c2ccccc21. The molecular formula is C68H62N8. The summed E-state index contributed by atoms with van der Waals surface area (Å²) >= 11 is 0. The topological polar surface area (TPSA) is 70.1 Å². The second-order valence-electron chi connectivity index (χ2n) is 24.4. The fraction of sp³-hybridized carbons (Fsp3) is 0.235. The maximum Gasteiger partial charge on any atom is 0.188 e.